The normalized spacial score (nSPS) is 17.0. The Kier molecular flexibility index (Phi) is 6.68. The molecule has 4 aromatic rings. The molecule has 1 aliphatic carbocycles. The second-order valence-electron chi connectivity index (χ2n) is 11.1. The van der Waals surface area contributed by atoms with E-state index < -0.39 is 5.41 Å². The lowest BCUT2D eigenvalue weighted by Gasteiger charge is -2.37. The fourth-order valence-electron chi connectivity index (χ4n) is 6.76. The van der Waals surface area contributed by atoms with E-state index in [1.165, 1.54) is 0 Å². The second-order valence-corrected chi connectivity index (χ2v) is 11.1. The third kappa shape index (κ3) is 4.40. The molecule has 0 N–H and O–H groups in total. The summed E-state index contributed by atoms with van der Waals surface area (Å²) in [5.41, 5.74) is 5.40. The number of benzene rings is 3. The molecule has 3 aromatic carbocycles. The molecule has 1 atom stereocenters. The van der Waals surface area contributed by atoms with E-state index in [0.29, 0.717) is 25.3 Å². The summed E-state index contributed by atoms with van der Waals surface area (Å²) in [6.07, 6.45) is 4.40. The van der Waals surface area contributed by atoms with Gasteiger partial charge in [0.15, 0.2) is 0 Å². The highest BCUT2D eigenvalue weighted by molar-refractivity contribution is 5.88. The molecule has 2 aliphatic rings. The Labute approximate surface area is 230 Å². The van der Waals surface area contributed by atoms with Crippen LogP contribution >= 0.6 is 0 Å². The summed E-state index contributed by atoms with van der Waals surface area (Å²) in [7, 11) is 0. The van der Waals surface area contributed by atoms with Crippen LogP contribution in [0.3, 0.4) is 0 Å². The highest BCUT2D eigenvalue weighted by Crippen LogP contribution is 2.43. The average molecular weight is 518 g/mol. The Balaban J connectivity index is 1.39. The van der Waals surface area contributed by atoms with Crippen molar-refractivity contribution in [2.45, 2.75) is 64.0 Å². The number of hydrogen-bond acceptors (Lipinski definition) is 3. The van der Waals surface area contributed by atoms with Crippen LogP contribution in [-0.2, 0) is 23.2 Å². The quantitative estimate of drug-likeness (QED) is 0.332. The van der Waals surface area contributed by atoms with Crippen molar-refractivity contribution in [3.05, 3.63) is 135 Å². The first-order valence-electron chi connectivity index (χ1n) is 14.1. The van der Waals surface area contributed by atoms with E-state index in [2.05, 4.69) is 43.3 Å². The number of amides is 1. The number of aryl methyl sites for hydroxylation is 2. The summed E-state index contributed by atoms with van der Waals surface area (Å²) in [5, 5.41) is 0. The van der Waals surface area contributed by atoms with E-state index in [9.17, 15) is 9.59 Å². The first-order valence-corrected chi connectivity index (χ1v) is 14.1. The predicted octanol–water partition coefficient (Wildman–Crippen LogP) is 5.89. The second kappa shape index (κ2) is 10.3. The lowest BCUT2D eigenvalue weighted by Crippen LogP contribution is -2.49. The van der Waals surface area contributed by atoms with Crippen molar-refractivity contribution >= 4 is 5.91 Å². The van der Waals surface area contributed by atoms with Gasteiger partial charge in [0.05, 0.1) is 23.7 Å². The molecule has 0 spiro atoms. The molecule has 1 fully saturated rings. The minimum Gasteiger partial charge on any atom is -0.336 e. The highest BCUT2D eigenvalue weighted by Gasteiger charge is 2.45. The van der Waals surface area contributed by atoms with Crippen LogP contribution in [0, 0.1) is 13.8 Å². The number of rotatable bonds is 5. The minimum atomic E-state index is -0.466. The molecule has 1 unspecified atom stereocenters. The lowest BCUT2D eigenvalue weighted by molar-refractivity contribution is -0.138. The van der Waals surface area contributed by atoms with Crippen LogP contribution in [0.5, 0.6) is 0 Å². The third-order valence-corrected chi connectivity index (χ3v) is 8.78. The van der Waals surface area contributed by atoms with Gasteiger partial charge < -0.3 is 4.90 Å². The molecule has 39 heavy (non-hydrogen) atoms. The van der Waals surface area contributed by atoms with Gasteiger partial charge in [0.2, 0.25) is 5.91 Å². The van der Waals surface area contributed by atoms with E-state index >= 15 is 0 Å². The van der Waals surface area contributed by atoms with Crippen LogP contribution in [-0.4, -0.2) is 26.9 Å². The van der Waals surface area contributed by atoms with E-state index in [1.54, 1.807) is 0 Å². The van der Waals surface area contributed by atoms with Crippen LogP contribution < -0.4 is 5.56 Å². The molecule has 0 radical (unpaired) electrons. The van der Waals surface area contributed by atoms with Gasteiger partial charge in [-0.15, -0.1) is 0 Å². The fraction of sp³-hybridized carbons (Fsp3) is 0.324. The standard InChI is InChI=1S/C34H35N3O2/c1-24-13-9-10-18-28(24)31(26-14-5-3-6-15-26)37-25(2)35-30-23-36(22-19-29(30)32(37)38)33(39)34(20-11-12-21-34)27-16-7-4-8-17-27/h3-10,13-18,31H,11-12,19-23H2,1-2H3. The van der Waals surface area contributed by atoms with Gasteiger partial charge >= 0.3 is 0 Å². The molecule has 1 aliphatic heterocycles. The van der Waals surface area contributed by atoms with Crippen molar-refractivity contribution in [3.63, 3.8) is 0 Å². The smallest absolute Gasteiger partial charge is 0.257 e. The van der Waals surface area contributed by atoms with E-state index in [4.69, 9.17) is 4.98 Å². The average Bonchev–Trinajstić information content (AvgIpc) is 3.47. The molecule has 0 saturated heterocycles. The van der Waals surface area contributed by atoms with Crippen molar-refractivity contribution in [3.8, 4) is 0 Å². The maximum absolute atomic E-state index is 14.2. The molecule has 5 heteroatoms. The number of aromatic nitrogens is 2. The predicted molar refractivity (Wildman–Crippen MR) is 154 cm³/mol. The highest BCUT2D eigenvalue weighted by atomic mass is 16.2. The molecule has 5 nitrogen and oxygen atoms in total. The van der Waals surface area contributed by atoms with Crippen molar-refractivity contribution in [2.75, 3.05) is 6.54 Å². The minimum absolute atomic E-state index is 0.000319. The summed E-state index contributed by atoms with van der Waals surface area (Å²) < 4.78 is 1.86. The summed E-state index contributed by atoms with van der Waals surface area (Å²) in [4.78, 5) is 35.2. The van der Waals surface area contributed by atoms with Crippen molar-refractivity contribution in [1.29, 1.82) is 0 Å². The van der Waals surface area contributed by atoms with E-state index in [1.807, 2.05) is 64.9 Å². The fourth-order valence-corrected chi connectivity index (χ4v) is 6.76. The van der Waals surface area contributed by atoms with E-state index in [-0.39, 0.29) is 17.5 Å². The van der Waals surface area contributed by atoms with Crippen LogP contribution in [0.25, 0.3) is 0 Å². The van der Waals surface area contributed by atoms with Crippen molar-refractivity contribution < 1.29 is 4.79 Å². The van der Waals surface area contributed by atoms with Gasteiger partial charge in [-0.25, -0.2) is 4.98 Å². The van der Waals surface area contributed by atoms with Crippen LogP contribution in [0.1, 0.15) is 71.1 Å². The number of hydrogen-bond donors (Lipinski definition) is 0. The first-order chi connectivity index (χ1) is 19.0. The zero-order valence-electron chi connectivity index (χ0n) is 22.8. The van der Waals surface area contributed by atoms with Gasteiger partial charge in [0, 0.05) is 12.1 Å². The SMILES string of the molecule is Cc1ccccc1C(c1ccccc1)n1c(C)nc2c(c1=O)CCN(C(=O)C1(c3ccccc3)CCCC1)C2. The van der Waals surface area contributed by atoms with E-state index in [0.717, 1.165) is 59.2 Å². The van der Waals surface area contributed by atoms with Crippen molar-refractivity contribution in [1.82, 2.24) is 14.5 Å². The summed E-state index contributed by atoms with van der Waals surface area (Å²) in [6.45, 7) is 4.94. The summed E-state index contributed by atoms with van der Waals surface area (Å²) in [5.74, 6) is 0.853. The lowest BCUT2D eigenvalue weighted by atomic mass is 9.77. The topological polar surface area (TPSA) is 55.2 Å². The maximum atomic E-state index is 14.2. The molecule has 1 amide bonds. The third-order valence-electron chi connectivity index (χ3n) is 8.78. The number of carbonyl (C=O) groups excluding carboxylic acids is 1. The van der Waals surface area contributed by atoms with Gasteiger partial charge in [0.1, 0.15) is 5.82 Å². The first kappa shape index (κ1) is 25.3. The molecular formula is C34H35N3O2. The van der Waals surface area contributed by atoms with Gasteiger partial charge in [-0.3, -0.25) is 14.2 Å². The Hall–Kier alpha value is -3.99. The maximum Gasteiger partial charge on any atom is 0.257 e. The van der Waals surface area contributed by atoms with Crippen LogP contribution in [0.4, 0.5) is 0 Å². The summed E-state index contributed by atoms with van der Waals surface area (Å²) >= 11 is 0. The zero-order valence-corrected chi connectivity index (χ0v) is 22.8. The molecule has 2 heterocycles. The monoisotopic (exact) mass is 517 g/mol. The molecule has 1 aromatic heterocycles. The van der Waals surface area contributed by atoms with Gasteiger partial charge in [0.25, 0.3) is 5.56 Å². The van der Waals surface area contributed by atoms with Crippen LogP contribution in [0.15, 0.2) is 89.7 Å². The Bertz CT molecular complexity index is 1550. The van der Waals surface area contributed by atoms with Gasteiger partial charge in [-0.2, -0.15) is 0 Å². The molecule has 198 valence electrons. The molecule has 6 rings (SSSR count). The number of carbonyl (C=O) groups is 1. The van der Waals surface area contributed by atoms with Gasteiger partial charge in [-0.05, 0) is 55.4 Å². The Morgan fingerprint density at radius 1 is 0.872 bits per heavy atom. The Morgan fingerprint density at radius 3 is 2.21 bits per heavy atom. The number of fused-ring (bicyclic) bond motifs is 1. The van der Waals surface area contributed by atoms with Gasteiger partial charge in [-0.1, -0.05) is 97.8 Å². The molecule has 0 bridgehead atoms. The Morgan fingerprint density at radius 2 is 1.51 bits per heavy atom. The zero-order chi connectivity index (χ0) is 27.0. The van der Waals surface area contributed by atoms with Crippen molar-refractivity contribution in [2.24, 2.45) is 0 Å². The molecule has 1 saturated carbocycles. The molecular weight excluding hydrogens is 482 g/mol. The largest absolute Gasteiger partial charge is 0.336 e. The summed E-state index contributed by atoms with van der Waals surface area (Å²) in [6, 6.07) is 28.4. The van der Waals surface area contributed by atoms with Crippen LogP contribution in [0.2, 0.25) is 0 Å². The number of nitrogens with zero attached hydrogens (tertiary/aromatic N) is 3.